The molecule has 0 aromatic rings. The van der Waals surface area contributed by atoms with Crippen molar-refractivity contribution in [2.75, 3.05) is 0 Å². The zero-order chi connectivity index (χ0) is 9.84. The number of allylic oxidation sites excluding steroid dienone is 1. The van der Waals surface area contributed by atoms with Crippen molar-refractivity contribution in [2.45, 2.75) is 52.6 Å². The molecule has 1 aliphatic rings. The molecule has 0 aromatic heterocycles. The van der Waals surface area contributed by atoms with Gasteiger partial charge >= 0.3 is 0 Å². The molecule has 0 saturated heterocycles. The first-order valence-electron chi connectivity index (χ1n) is 5.46. The number of aliphatic hydroxyl groups is 1. The first kappa shape index (κ1) is 10.8. The molecule has 1 aliphatic carbocycles. The Morgan fingerprint density at radius 3 is 2.69 bits per heavy atom. The van der Waals surface area contributed by atoms with Gasteiger partial charge < -0.3 is 5.11 Å². The average Bonchev–Trinajstić information content (AvgIpc) is 2.04. The van der Waals surface area contributed by atoms with Crippen molar-refractivity contribution in [3.8, 4) is 0 Å². The molecule has 76 valence electrons. The summed E-state index contributed by atoms with van der Waals surface area (Å²) >= 11 is 0. The molecule has 0 aromatic carbocycles. The molecule has 3 unspecified atom stereocenters. The van der Waals surface area contributed by atoms with E-state index in [-0.39, 0.29) is 6.10 Å². The van der Waals surface area contributed by atoms with Crippen LogP contribution in [0.3, 0.4) is 0 Å². The first-order valence-corrected chi connectivity index (χ1v) is 5.46. The van der Waals surface area contributed by atoms with Crippen LogP contribution in [0.5, 0.6) is 0 Å². The highest BCUT2D eigenvalue weighted by molar-refractivity contribution is 5.06. The van der Waals surface area contributed by atoms with Crippen molar-refractivity contribution in [1.29, 1.82) is 0 Å². The van der Waals surface area contributed by atoms with Crippen LogP contribution >= 0.6 is 0 Å². The van der Waals surface area contributed by atoms with E-state index < -0.39 is 0 Å². The highest BCUT2D eigenvalue weighted by atomic mass is 16.3. The van der Waals surface area contributed by atoms with Crippen LogP contribution < -0.4 is 0 Å². The lowest BCUT2D eigenvalue weighted by atomic mass is 9.81. The van der Waals surface area contributed by atoms with Gasteiger partial charge in [-0.1, -0.05) is 25.8 Å². The van der Waals surface area contributed by atoms with Crippen molar-refractivity contribution < 1.29 is 5.11 Å². The minimum absolute atomic E-state index is 0.266. The van der Waals surface area contributed by atoms with Gasteiger partial charge in [-0.15, -0.1) is 0 Å². The molecule has 1 nitrogen and oxygen atoms in total. The Balaban J connectivity index is 2.47. The molecule has 0 heterocycles. The van der Waals surface area contributed by atoms with E-state index >= 15 is 0 Å². The Bertz CT molecular complexity index is 182. The summed E-state index contributed by atoms with van der Waals surface area (Å²) < 4.78 is 0. The molecule has 1 saturated carbocycles. The molecule has 3 atom stereocenters. The van der Waals surface area contributed by atoms with Gasteiger partial charge in [0, 0.05) is 0 Å². The van der Waals surface area contributed by atoms with Crippen LogP contribution in [-0.2, 0) is 0 Å². The van der Waals surface area contributed by atoms with E-state index in [1.165, 1.54) is 25.7 Å². The Labute approximate surface area is 81.9 Å². The average molecular weight is 182 g/mol. The largest absolute Gasteiger partial charge is 0.389 e. The van der Waals surface area contributed by atoms with Crippen molar-refractivity contribution in [3.05, 3.63) is 11.6 Å². The van der Waals surface area contributed by atoms with Crippen molar-refractivity contribution in [2.24, 2.45) is 11.8 Å². The van der Waals surface area contributed by atoms with Crippen LogP contribution in [0.25, 0.3) is 0 Å². The van der Waals surface area contributed by atoms with Gasteiger partial charge in [-0.3, -0.25) is 0 Å². The third-order valence-corrected chi connectivity index (χ3v) is 3.13. The van der Waals surface area contributed by atoms with Gasteiger partial charge in [-0.2, -0.15) is 0 Å². The maximum absolute atomic E-state index is 9.35. The van der Waals surface area contributed by atoms with Crippen LogP contribution in [0, 0.1) is 11.8 Å². The van der Waals surface area contributed by atoms with E-state index in [0.717, 1.165) is 17.4 Å². The van der Waals surface area contributed by atoms with E-state index in [4.69, 9.17) is 0 Å². The Hall–Kier alpha value is -0.300. The van der Waals surface area contributed by atoms with E-state index in [1.54, 1.807) is 0 Å². The molecule has 0 radical (unpaired) electrons. The minimum Gasteiger partial charge on any atom is -0.389 e. The molecule has 1 N–H and O–H groups in total. The lowest BCUT2D eigenvalue weighted by Gasteiger charge is -2.25. The van der Waals surface area contributed by atoms with Crippen LogP contribution in [0.15, 0.2) is 11.6 Å². The second kappa shape index (κ2) is 4.80. The molecule has 0 bridgehead atoms. The van der Waals surface area contributed by atoms with Crippen LogP contribution in [-0.4, -0.2) is 11.2 Å². The fraction of sp³-hybridized carbons (Fsp3) is 0.833. The lowest BCUT2D eigenvalue weighted by molar-refractivity contribution is 0.228. The molecular formula is C12H22O. The van der Waals surface area contributed by atoms with Gasteiger partial charge in [0.25, 0.3) is 0 Å². The Morgan fingerprint density at radius 1 is 1.46 bits per heavy atom. The topological polar surface area (TPSA) is 20.2 Å². The smallest absolute Gasteiger partial charge is 0.0719 e. The third kappa shape index (κ3) is 3.51. The first-order chi connectivity index (χ1) is 6.09. The maximum atomic E-state index is 9.35. The molecule has 1 fully saturated rings. The van der Waals surface area contributed by atoms with Crippen molar-refractivity contribution >= 4 is 0 Å². The SMILES string of the molecule is CC(=CC1CCCC(C)C1)C(C)O. The van der Waals surface area contributed by atoms with Crippen molar-refractivity contribution in [1.82, 2.24) is 0 Å². The summed E-state index contributed by atoms with van der Waals surface area (Å²) in [5.41, 5.74) is 1.14. The molecule has 0 spiro atoms. The molecule has 13 heavy (non-hydrogen) atoms. The summed E-state index contributed by atoms with van der Waals surface area (Å²) in [5, 5.41) is 9.35. The van der Waals surface area contributed by atoms with Gasteiger partial charge in [0.05, 0.1) is 6.10 Å². The number of hydrogen-bond donors (Lipinski definition) is 1. The summed E-state index contributed by atoms with van der Waals surface area (Å²) in [6, 6.07) is 0. The highest BCUT2D eigenvalue weighted by Crippen LogP contribution is 2.30. The number of hydrogen-bond acceptors (Lipinski definition) is 1. The van der Waals surface area contributed by atoms with Gasteiger partial charge in [0.15, 0.2) is 0 Å². The van der Waals surface area contributed by atoms with Gasteiger partial charge in [-0.25, -0.2) is 0 Å². The summed E-state index contributed by atoms with van der Waals surface area (Å²) in [6.45, 7) is 6.21. The highest BCUT2D eigenvalue weighted by Gasteiger charge is 2.17. The van der Waals surface area contributed by atoms with E-state index in [2.05, 4.69) is 13.0 Å². The minimum atomic E-state index is -0.266. The standard InChI is InChI=1S/C12H22O/c1-9-5-4-6-12(7-9)8-10(2)11(3)13/h8-9,11-13H,4-7H2,1-3H3. The molecule has 0 amide bonds. The van der Waals surface area contributed by atoms with Crippen LogP contribution in [0.2, 0.25) is 0 Å². The van der Waals surface area contributed by atoms with E-state index in [0.29, 0.717) is 0 Å². The van der Waals surface area contributed by atoms with Crippen LogP contribution in [0.4, 0.5) is 0 Å². The summed E-state index contributed by atoms with van der Waals surface area (Å²) in [4.78, 5) is 0. The lowest BCUT2D eigenvalue weighted by Crippen LogP contribution is -2.13. The zero-order valence-corrected chi connectivity index (χ0v) is 9.09. The molecule has 0 aliphatic heterocycles. The maximum Gasteiger partial charge on any atom is 0.0719 e. The Kier molecular flexibility index (Phi) is 3.98. The fourth-order valence-electron chi connectivity index (χ4n) is 2.14. The number of aliphatic hydroxyl groups excluding tert-OH is 1. The predicted octanol–water partition coefficient (Wildman–Crippen LogP) is 3.14. The summed E-state index contributed by atoms with van der Waals surface area (Å²) in [7, 11) is 0. The second-order valence-corrected chi connectivity index (χ2v) is 4.62. The molecule has 1 rings (SSSR count). The van der Waals surface area contributed by atoms with Gasteiger partial charge in [-0.05, 0) is 44.1 Å². The zero-order valence-electron chi connectivity index (χ0n) is 9.09. The second-order valence-electron chi connectivity index (χ2n) is 4.62. The summed E-state index contributed by atoms with van der Waals surface area (Å²) in [5.74, 6) is 1.59. The monoisotopic (exact) mass is 182 g/mol. The van der Waals surface area contributed by atoms with E-state index in [1.807, 2.05) is 13.8 Å². The van der Waals surface area contributed by atoms with E-state index in [9.17, 15) is 5.11 Å². The van der Waals surface area contributed by atoms with Gasteiger partial charge in [0.2, 0.25) is 0 Å². The predicted molar refractivity (Wildman–Crippen MR) is 56.6 cm³/mol. The summed E-state index contributed by atoms with van der Waals surface area (Å²) in [6.07, 6.45) is 7.38. The van der Waals surface area contributed by atoms with Gasteiger partial charge in [0.1, 0.15) is 0 Å². The number of rotatable bonds is 2. The quantitative estimate of drug-likeness (QED) is 0.650. The molecule has 1 heteroatoms. The Morgan fingerprint density at radius 2 is 2.15 bits per heavy atom. The van der Waals surface area contributed by atoms with Crippen molar-refractivity contribution in [3.63, 3.8) is 0 Å². The third-order valence-electron chi connectivity index (χ3n) is 3.13. The fourth-order valence-corrected chi connectivity index (χ4v) is 2.14. The molecular weight excluding hydrogens is 160 g/mol. The normalized spacial score (nSPS) is 33.1. The van der Waals surface area contributed by atoms with Crippen LogP contribution in [0.1, 0.15) is 46.5 Å².